The predicted octanol–water partition coefficient (Wildman–Crippen LogP) is 4.02. The van der Waals surface area contributed by atoms with E-state index in [-0.39, 0.29) is 30.6 Å². The second-order valence-corrected chi connectivity index (χ2v) is 6.61. The number of fused-ring (bicyclic) bond motifs is 2. The van der Waals surface area contributed by atoms with Crippen molar-refractivity contribution in [1.82, 2.24) is 4.90 Å². The number of amides is 1. The van der Waals surface area contributed by atoms with Gasteiger partial charge in [0.1, 0.15) is 12.4 Å². The Morgan fingerprint density at radius 3 is 2.62 bits per heavy atom. The van der Waals surface area contributed by atoms with E-state index in [9.17, 15) is 9.18 Å². The molecule has 0 aromatic heterocycles. The first-order valence-corrected chi connectivity index (χ1v) is 8.74. The molecule has 4 rings (SSSR count). The van der Waals surface area contributed by atoms with E-state index in [1.165, 1.54) is 12.1 Å². The Morgan fingerprint density at radius 1 is 1.12 bits per heavy atom. The summed E-state index contributed by atoms with van der Waals surface area (Å²) in [6.45, 7) is 1.18. The van der Waals surface area contributed by atoms with Crippen molar-refractivity contribution in [3.05, 3.63) is 77.6 Å². The van der Waals surface area contributed by atoms with Gasteiger partial charge in [-0.1, -0.05) is 48.5 Å². The number of hydrogen-bond acceptors (Lipinski definition) is 3. The quantitative estimate of drug-likeness (QED) is 0.837. The molecule has 0 saturated carbocycles. The van der Waals surface area contributed by atoms with Crippen molar-refractivity contribution in [2.45, 2.75) is 25.1 Å². The molecule has 2 aromatic carbocycles. The maximum Gasteiger partial charge on any atom is 0.411 e. The Morgan fingerprint density at radius 2 is 1.88 bits per heavy atom. The largest absolute Gasteiger partial charge is 0.445 e. The van der Waals surface area contributed by atoms with E-state index >= 15 is 0 Å². The van der Waals surface area contributed by atoms with Gasteiger partial charge < -0.3 is 9.47 Å². The van der Waals surface area contributed by atoms with Crippen LogP contribution in [0.2, 0.25) is 0 Å². The number of halogens is 1. The zero-order chi connectivity index (χ0) is 17.9. The fourth-order valence-corrected chi connectivity index (χ4v) is 3.55. The number of carbonyl (C=O) groups is 1. The molecule has 1 saturated heterocycles. The molecular formula is C21H20FNO3. The Hall–Kier alpha value is -2.66. The molecule has 2 atom stereocenters. The van der Waals surface area contributed by atoms with Crippen LogP contribution in [0.25, 0.3) is 5.57 Å². The van der Waals surface area contributed by atoms with Gasteiger partial charge in [0.05, 0.1) is 25.3 Å². The molecule has 0 spiro atoms. The van der Waals surface area contributed by atoms with Crippen molar-refractivity contribution in [3.63, 3.8) is 0 Å². The van der Waals surface area contributed by atoms with Gasteiger partial charge in [0.15, 0.2) is 0 Å². The van der Waals surface area contributed by atoms with Crippen LogP contribution in [0.15, 0.2) is 60.7 Å². The van der Waals surface area contributed by atoms with Crippen LogP contribution in [0.4, 0.5) is 9.18 Å². The van der Waals surface area contributed by atoms with E-state index in [1.807, 2.05) is 36.4 Å². The van der Waals surface area contributed by atoms with Gasteiger partial charge >= 0.3 is 6.09 Å². The first-order chi connectivity index (χ1) is 12.7. The molecule has 0 radical (unpaired) electrons. The van der Waals surface area contributed by atoms with E-state index in [0.29, 0.717) is 19.6 Å². The number of hydrogen-bond donors (Lipinski definition) is 0. The Balaban J connectivity index is 1.49. The summed E-state index contributed by atoms with van der Waals surface area (Å²) in [6.07, 6.45) is 2.39. The van der Waals surface area contributed by atoms with Crippen molar-refractivity contribution in [2.24, 2.45) is 0 Å². The monoisotopic (exact) mass is 353 g/mol. The van der Waals surface area contributed by atoms with Crippen LogP contribution in [-0.4, -0.2) is 36.3 Å². The smallest absolute Gasteiger partial charge is 0.411 e. The summed E-state index contributed by atoms with van der Waals surface area (Å²) in [5.74, 6) is -0.250. The number of morpholine rings is 1. The first-order valence-electron chi connectivity index (χ1n) is 8.74. The fraction of sp³-hybridized carbons (Fsp3) is 0.286. The minimum Gasteiger partial charge on any atom is -0.445 e. The maximum atomic E-state index is 13.2. The molecule has 2 heterocycles. The molecule has 1 fully saturated rings. The number of ether oxygens (including phenoxy) is 2. The number of benzene rings is 2. The molecular weight excluding hydrogens is 333 g/mol. The molecule has 2 aliphatic rings. The lowest BCUT2D eigenvalue weighted by atomic mass is 9.90. The Kier molecular flexibility index (Phi) is 4.71. The lowest BCUT2D eigenvalue weighted by molar-refractivity contribution is -0.0342. The first kappa shape index (κ1) is 16.8. The second kappa shape index (κ2) is 7.30. The summed E-state index contributed by atoms with van der Waals surface area (Å²) in [7, 11) is 0. The molecule has 0 aliphatic carbocycles. The van der Waals surface area contributed by atoms with Crippen LogP contribution >= 0.6 is 0 Å². The lowest BCUT2D eigenvalue weighted by Gasteiger charge is -2.43. The van der Waals surface area contributed by atoms with Gasteiger partial charge in [0, 0.05) is 0 Å². The average molecular weight is 353 g/mol. The normalized spacial score (nSPS) is 21.9. The standard InChI is InChI=1S/C21H20FNO3/c22-18-8-6-16(7-9-18)17-10-19-13-25-14-20(11-17)23(19)21(24)26-12-15-4-2-1-3-5-15/h1-10,19-20H,11-14H2. The minimum absolute atomic E-state index is 0.0675. The summed E-state index contributed by atoms with van der Waals surface area (Å²) in [5.41, 5.74) is 3.07. The molecule has 2 unspecified atom stereocenters. The van der Waals surface area contributed by atoms with Gasteiger partial charge in [-0.2, -0.15) is 0 Å². The highest BCUT2D eigenvalue weighted by atomic mass is 19.1. The van der Waals surface area contributed by atoms with E-state index in [2.05, 4.69) is 0 Å². The summed E-state index contributed by atoms with van der Waals surface area (Å²) in [4.78, 5) is 14.4. The van der Waals surface area contributed by atoms with Crippen LogP contribution in [-0.2, 0) is 16.1 Å². The van der Waals surface area contributed by atoms with Gasteiger partial charge in [-0.25, -0.2) is 9.18 Å². The van der Waals surface area contributed by atoms with Gasteiger partial charge in [-0.15, -0.1) is 0 Å². The molecule has 1 amide bonds. The van der Waals surface area contributed by atoms with Crippen LogP contribution < -0.4 is 0 Å². The molecule has 2 aromatic rings. The van der Waals surface area contributed by atoms with Crippen molar-refractivity contribution in [1.29, 1.82) is 0 Å². The maximum absolute atomic E-state index is 13.2. The van der Waals surface area contributed by atoms with Crippen LogP contribution in [0.5, 0.6) is 0 Å². The Bertz CT molecular complexity index is 804. The third kappa shape index (κ3) is 3.48. The summed E-state index contributed by atoms with van der Waals surface area (Å²) in [5, 5.41) is 0. The average Bonchev–Trinajstić information content (AvgIpc) is 2.66. The summed E-state index contributed by atoms with van der Waals surface area (Å²) >= 11 is 0. The molecule has 0 N–H and O–H groups in total. The van der Waals surface area contributed by atoms with Crippen molar-refractivity contribution < 1.29 is 18.7 Å². The SMILES string of the molecule is O=C(OCc1ccccc1)N1C2C=C(c3ccc(F)cc3)CC1COC2. The fourth-order valence-electron chi connectivity index (χ4n) is 3.55. The Labute approximate surface area is 151 Å². The molecule has 2 bridgehead atoms. The van der Waals surface area contributed by atoms with Crippen molar-refractivity contribution in [2.75, 3.05) is 13.2 Å². The van der Waals surface area contributed by atoms with Crippen molar-refractivity contribution >= 4 is 11.7 Å². The number of carbonyl (C=O) groups excluding carboxylic acids is 1. The predicted molar refractivity (Wildman–Crippen MR) is 95.9 cm³/mol. The number of nitrogens with zero attached hydrogens (tertiary/aromatic N) is 1. The zero-order valence-corrected chi connectivity index (χ0v) is 14.3. The van der Waals surface area contributed by atoms with Crippen LogP contribution in [0.3, 0.4) is 0 Å². The van der Waals surface area contributed by atoms with Crippen LogP contribution in [0, 0.1) is 5.82 Å². The summed E-state index contributed by atoms with van der Waals surface area (Å²) in [6, 6.07) is 15.9. The van der Waals surface area contributed by atoms with E-state index < -0.39 is 0 Å². The van der Waals surface area contributed by atoms with E-state index in [0.717, 1.165) is 16.7 Å². The van der Waals surface area contributed by atoms with Gasteiger partial charge in [0.2, 0.25) is 0 Å². The molecule has 26 heavy (non-hydrogen) atoms. The highest BCUT2D eigenvalue weighted by Crippen LogP contribution is 2.33. The number of rotatable bonds is 3. The molecule has 2 aliphatic heterocycles. The molecule has 5 heteroatoms. The minimum atomic E-state index is -0.318. The van der Waals surface area contributed by atoms with E-state index in [1.54, 1.807) is 17.0 Å². The second-order valence-electron chi connectivity index (χ2n) is 6.61. The summed E-state index contributed by atoms with van der Waals surface area (Å²) < 4.78 is 24.3. The third-order valence-electron chi connectivity index (χ3n) is 4.83. The van der Waals surface area contributed by atoms with E-state index in [4.69, 9.17) is 9.47 Å². The highest BCUT2D eigenvalue weighted by Gasteiger charge is 2.39. The van der Waals surface area contributed by atoms with Crippen LogP contribution in [0.1, 0.15) is 17.5 Å². The van der Waals surface area contributed by atoms with Crippen molar-refractivity contribution in [3.8, 4) is 0 Å². The highest BCUT2D eigenvalue weighted by molar-refractivity contribution is 5.74. The van der Waals surface area contributed by atoms with Gasteiger partial charge in [-0.05, 0) is 35.3 Å². The third-order valence-corrected chi connectivity index (χ3v) is 4.83. The van der Waals surface area contributed by atoms with Gasteiger partial charge in [-0.3, -0.25) is 4.90 Å². The molecule has 134 valence electrons. The lowest BCUT2D eigenvalue weighted by Crippen LogP contribution is -2.56. The molecule has 4 nitrogen and oxygen atoms in total. The zero-order valence-electron chi connectivity index (χ0n) is 14.3. The topological polar surface area (TPSA) is 38.8 Å². The van der Waals surface area contributed by atoms with Gasteiger partial charge in [0.25, 0.3) is 0 Å².